The Hall–Kier alpha value is -1.76. The maximum absolute atomic E-state index is 12.0. The van der Waals surface area contributed by atoms with Gasteiger partial charge in [-0.25, -0.2) is 0 Å². The summed E-state index contributed by atoms with van der Waals surface area (Å²) in [5, 5.41) is 6.02. The van der Waals surface area contributed by atoms with Crippen LogP contribution in [0.3, 0.4) is 0 Å². The van der Waals surface area contributed by atoms with Gasteiger partial charge in [-0.05, 0) is 37.1 Å². The fourth-order valence-electron chi connectivity index (χ4n) is 2.28. The second-order valence-corrected chi connectivity index (χ2v) is 5.31. The Kier molecular flexibility index (Phi) is 5.65. The molecule has 22 heavy (non-hydrogen) atoms. The van der Waals surface area contributed by atoms with Crippen LogP contribution in [0, 0.1) is 5.92 Å². The Morgan fingerprint density at radius 1 is 1.32 bits per heavy atom. The number of piperidine rings is 1. The van der Waals surface area contributed by atoms with Gasteiger partial charge in [0.1, 0.15) is 5.75 Å². The summed E-state index contributed by atoms with van der Waals surface area (Å²) in [7, 11) is 0. The van der Waals surface area contributed by atoms with Gasteiger partial charge < -0.3 is 15.4 Å². The third-order valence-corrected chi connectivity index (χ3v) is 3.46. The molecule has 1 amide bonds. The minimum atomic E-state index is -4.35. The fourth-order valence-corrected chi connectivity index (χ4v) is 2.28. The zero-order valence-corrected chi connectivity index (χ0v) is 12.1. The molecule has 0 bridgehead atoms. The summed E-state index contributed by atoms with van der Waals surface area (Å²) >= 11 is 0. The third kappa shape index (κ3) is 5.55. The number of alkyl halides is 3. The van der Waals surface area contributed by atoms with Crippen LogP contribution in [-0.4, -0.2) is 31.8 Å². The van der Waals surface area contributed by atoms with E-state index in [0.29, 0.717) is 13.1 Å². The van der Waals surface area contributed by atoms with E-state index in [0.717, 1.165) is 24.9 Å². The van der Waals surface area contributed by atoms with E-state index in [9.17, 15) is 18.0 Å². The number of hydrogen-bond acceptors (Lipinski definition) is 3. The molecule has 0 saturated carbocycles. The monoisotopic (exact) mass is 316 g/mol. The van der Waals surface area contributed by atoms with Gasteiger partial charge in [-0.2, -0.15) is 13.2 Å². The van der Waals surface area contributed by atoms with E-state index in [1.54, 1.807) is 12.1 Å². The van der Waals surface area contributed by atoms with E-state index < -0.39 is 12.8 Å². The summed E-state index contributed by atoms with van der Waals surface area (Å²) < 4.78 is 40.7. The van der Waals surface area contributed by atoms with Gasteiger partial charge in [-0.15, -0.1) is 0 Å². The predicted octanol–water partition coefficient (Wildman–Crippen LogP) is 2.24. The first-order chi connectivity index (χ1) is 10.4. The Morgan fingerprint density at radius 2 is 2.05 bits per heavy atom. The van der Waals surface area contributed by atoms with Crippen LogP contribution in [0.2, 0.25) is 0 Å². The standard InChI is InChI=1S/C15H19F3N2O2/c16-15(17,18)10-22-13-5-3-11(4-6-13)8-20-14(21)12-2-1-7-19-9-12/h3-6,12,19H,1-2,7-10H2,(H,20,21)/t12-/m1/s1. The topological polar surface area (TPSA) is 50.4 Å². The normalized spacial score (nSPS) is 18.8. The molecule has 1 saturated heterocycles. The van der Waals surface area contributed by atoms with Gasteiger partial charge in [0.05, 0.1) is 5.92 Å². The van der Waals surface area contributed by atoms with Crippen molar-refractivity contribution in [3.8, 4) is 5.75 Å². The second kappa shape index (κ2) is 7.49. The second-order valence-electron chi connectivity index (χ2n) is 5.31. The lowest BCUT2D eigenvalue weighted by molar-refractivity contribution is -0.153. The lowest BCUT2D eigenvalue weighted by Crippen LogP contribution is -2.40. The van der Waals surface area contributed by atoms with Crippen molar-refractivity contribution in [2.75, 3.05) is 19.7 Å². The molecule has 0 spiro atoms. The minimum Gasteiger partial charge on any atom is -0.484 e. The molecule has 1 aromatic rings. The summed E-state index contributed by atoms with van der Waals surface area (Å²) in [6, 6.07) is 6.22. The lowest BCUT2D eigenvalue weighted by Gasteiger charge is -2.21. The maximum atomic E-state index is 12.0. The van der Waals surface area contributed by atoms with E-state index in [1.165, 1.54) is 12.1 Å². The van der Waals surface area contributed by atoms with Crippen LogP contribution in [0.1, 0.15) is 18.4 Å². The number of halogens is 3. The SMILES string of the molecule is O=C(NCc1ccc(OCC(F)(F)F)cc1)[C@@H]1CCCNC1. The van der Waals surface area contributed by atoms with Gasteiger partial charge >= 0.3 is 6.18 Å². The van der Waals surface area contributed by atoms with Crippen LogP contribution >= 0.6 is 0 Å². The van der Waals surface area contributed by atoms with Gasteiger partial charge in [-0.3, -0.25) is 4.79 Å². The molecule has 0 aromatic heterocycles. The number of ether oxygens (including phenoxy) is 1. The average Bonchev–Trinajstić information content (AvgIpc) is 2.52. The summed E-state index contributed by atoms with van der Waals surface area (Å²) in [5.41, 5.74) is 0.816. The van der Waals surface area contributed by atoms with Crippen molar-refractivity contribution < 1.29 is 22.7 Å². The highest BCUT2D eigenvalue weighted by atomic mass is 19.4. The first-order valence-electron chi connectivity index (χ1n) is 7.21. The Bertz CT molecular complexity index is 483. The van der Waals surface area contributed by atoms with E-state index in [1.807, 2.05) is 0 Å². The molecule has 2 rings (SSSR count). The number of carbonyl (C=O) groups is 1. The van der Waals surface area contributed by atoms with Crippen molar-refractivity contribution in [1.82, 2.24) is 10.6 Å². The molecule has 2 N–H and O–H groups in total. The molecule has 0 radical (unpaired) electrons. The molecular weight excluding hydrogens is 297 g/mol. The quantitative estimate of drug-likeness (QED) is 0.876. The van der Waals surface area contributed by atoms with Gasteiger partial charge in [0.15, 0.2) is 6.61 Å². The molecule has 1 aliphatic rings. The summed E-state index contributed by atoms with van der Waals surface area (Å²) in [4.78, 5) is 12.0. The van der Waals surface area contributed by atoms with Crippen molar-refractivity contribution in [2.45, 2.75) is 25.6 Å². The summed E-state index contributed by atoms with van der Waals surface area (Å²) in [6.07, 6.45) is -2.48. The van der Waals surface area contributed by atoms with Crippen LogP contribution in [-0.2, 0) is 11.3 Å². The summed E-state index contributed by atoms with van der Waals surface area (Å²) in [5.74, 6) is 0.150. The minimum absolute atomic E-state index is 0.00426. The van der Waals surface area contributed by atoms with Crippen molar-refractivity contribution in [3.05, 3.63) is 29.8 Å². The van der Waals surface area contributed by atoms with E-state index in [4.69, 9.17) is 0 Å². The highest BCUT2D eigenvalue weighted by Gasteiger charge is 2.28. The van der Waals surface area contributed by atoms with Crippen LogP contribution in [0.25, 0.3) is 0 Å². The van der Waals surface area contributed by atoms with Crippen molar-refractivity contribution in [3.63, 3.8) is 0 Å². The molecule has 1 aliphatic heterocycles. The smallest absolute Gasteiger partial charge is 0.422 e. The lowest BCUT2D eigenvalue weighted by atomic mass is 9.99. The number of rotatable bonds is 5. The number of amides is 1. The van der Waals surface area contributed by atoms with Gasteiger partial charge in [0.2, 0.25) is 5.91 Å². The van der Waals surface area contributed by atoms with E-state index in [-0.39, 0.29) is 17.6 Å². The first-order valence-corrected chi connectivity index (χ1v) is 7.21. The van der Waals surface area contributed by atoms with Gasteiger partial charge in [0.25, 0.3) is 0 Å². The van der Waals surface area contributed by atoms with Crippen LogP contribution in [0.15, 0.2) is 24.3 Å². The molecule has 4 nitrogen and oxygen atoms in total. The highest BCUT2D eigenvalue weighted by Crippen LogP contribution is 2.19. The Morgan fingerprint density at radius 3 is 2.64 bits per heavy atom. The molecule has 0 unspecified atom stereocenters. The summed E-state index contributed by atoms with van der Waals surface area (Å²) in [6.45, 7) is 0.686. The molecule has 1 aromatic carbocycles. The molecule has 1 heterocycles. The number of hydrogen-bond donors (Lipinski definition) is 2. The molecule has 1 fully saturated rings. The fraction of sp³-hybridized carbons (Fsp3) is 0.533. The molecule has 0 aliphatic carbocycles. The zero-order chi connectivity index (χ0) is 16.0. The zero-order valence-electron chi connectivity index (χ0n) is 12.1. The maximum Gasteiger partial charge on any atom is 0.422 e. The Balaban J connectivity index is 1.77. The largest absolute Gasteiger partial charge is 0.484 e. The van der Waals surface area contributed by atoms with E-state index >= 15 is 0 Å². The van der Waals surface area contributed by atoms with E-state index in [2.05, 4.69) is 15.4 Å². The number of carbonyl (C=O) groups excluding carboxylic acids is 1. The molecule has 7 heteroatoms. The van der Waals surface area contributed by atoms with Gasteiger partial charge in [-0.1, -0.05) is 12.1 Å². The van der Waals surface area contributed by atoms with Gasteiger partial charge in [0, 0.05) is 13.1 Å². The highest BCUT2D eigenvalue weighted by molar-refractivity contribution is 5.78. The van der Waals surface area contributed by atoms with Crippen LogP contribution in [0.4, 0.5) is 13.2 Å². The van der Waals surface area contributed by atoms with Crippen LogP contribution in [0.5, 0.6) is 5.75 Å². The average molecular weight is 316 g/mol. The predicted molar refractivity (Wildman–Crippen MR) is 75.4 cm³/mol. The Labute approximate surface area is 127 Å². The molecule has 122 valence electrons. The number of nitrogens with one attached hydrogen (secondary N) is 2. The van der Waals surface area contributed by atoms with Crippen molar-refractivity contribution in [2.24, 2.45) is 5.92 Å². The van der Waals surface area contributed by atoms with Crippen LogP contribution < -0.4 is 15.4 Å². The molecule has 1 atom stereocenters. The number of benzene rings is 1. The first kappa shape index (κ1) is 16.6. The van der Waals surface area contributed by atoms with Crippen molar-refractivity contribution >= 4 is 5.91 Å². The van der Waals surface area contributed by atoms with Crippen molar-refractivity contribution in [1.29, 1.82) is 0 Å². The molecular formula is C15H19F3N2O2. The third-order valence-electron chi connectivity index (χ3n) is 3.46.